The van der Waals surface area contributed by atoms with Crippen molar-refractivity contribution in [2.45, 2.75) is 12.8 Å². The van der Waals surface area contributed by atoms with Gasteiger partial charge in [0.1, 0.15) is 0 Å². The van der Waals surface area contributed by atoms with E-state index in [-0.39, 0.29) is 0 Å². The van der Waals surface area contributed by atoms with E-state index in [4.69, 9.17) is 9.47 Å². The van der Waals surface area contributed by atoms with Crippen molar-refractivity contribution >= 4 is 11.9 Å². The van der Waals surface area contributed by atoms with Gasteiger partial charge in [-0.1, -0.05) is 0 Å². The van der Waals surface area contributed by atoms with E-state index in [0.29, 0.717) is 24.0 Å². The van der Waals surface area contributed by atoms with Crippen LogP contribution in [0.3, 0.4) is 0 Å². The van der Waals surface area contributed by atoms with Gasteiger partial charge in [0.05, 0.1) is 25.4 Å². The minimum absolute atomic E-state index is 0.396. The summed E-state index contributed by atoms with van der Waals surface area (Å²) in [5.74, 6) is -0.791. The molecule has 0 aromatic carbocycles. The van der Waals surface area contributed by atoms with Crippen molar-refractivity contribution in [1.82, 2.24) is 9.80 Å². The molecular formula is C14H24N2O4. The van der Waals surface area contributed by atoms with Crippen molar-refractivity contribution in [3.63, 3.8) is 0 Å². The summed E-state index contributed by atoms with van der Waals surface area (Å²) in [6.07, 6.45) is 4.19. The molecule has 0 aliphatic rings. The number of ether oxygens (including phenoxy) is 2. The summed E-state index contributed by atoms with van der Waals surface area (Å²) >= 11 is 0. The van der Waals surface area contributed by atoms with E-state index in [1.165, 1.54) is 14.2 Å². The second-order valence-corrected chi connectivity index (χ2v) is 4.72. The fourth-order valence-electron chi connectivity index (χ4n) is 1.59. The minimum atomic E-state index is -0.396. The van der Waals surface area contributed by atoms with Gasteiger partial charge in [0.25, 0.3) is 0 Å². The van der Waals surface area contributed by atoms with E-state index in [2.05, 4.69) is 0 Å². The van der Waals surface area contributed by atoms with Crippen LogP contribution in [0.15, 0.2) is 23.5 Å². The molecule has 0 saturated carbocycles. The molecule has 6 nitrogen and oxygen atoms in total. The van der Waals surface area contributed by atoms with Crippen LogP contribution in [0.2, 0.25) is 0 Å². The average molecular weight is 284 g/mol. The molecule has 0 atom stereocenters. The molecule has 0 saturated heterocycles. The van der Waals surface area contributed by atoms with Crippen molar-refractivity contribution in [3.8, 4) is 0 Å². The van der Waals surface area contributed by atoms with Gasteiger partial charge < -0.3 is 19.3 Å². The lowest BCUT2D eigenvalue weighted by molar-refractivity contribution is -0.137. The molecule has 0 aliphatic heterocycles. The van der Waals surface area contributed by atoms with Crippen LogP contribution in [0.25, 0.3) is 0 Å². The quantitative estimate of drug-likeness (QED) is 0.513. The first-order valence-electron chi connectivity index (χ1n) is 6.22. The monoisotopic (exact) mass is 284 g/mol. The molecule has 0 heterocycles. The molecule has 6 heteroatoms. The largest absolute Gasteiger partial charge is 0.466 e. The van der Waals surface area contributed by atoms with E-state index in [9.17, 15) is 9.59 Å². The zero-order valence-corrected chi connectivity index (χ0v) is 13.1. The van der Waals surface area contributed by atoms with Crippen LogP contribution in [-0.4, -0.2) is 64.1 Å². The van der Waals surface area contributed by atoms with Gasteiger partial charge in [0.15, 0.2) is 0 Å². The third-order valence-corrected chi connectivity index (χ3v) is 2.39. The number of carbonyl (C=O) groups excluding carboxylic acids is 2. The number of methoxy groups -OCH3 is 2. The number of hydrogen-bond donors (Lipinski definition) is 0. The molecule has 0 radical (unpaired) electrons. The van der Waals surface area contributed by atoms with Crippen molar-refractivity contribution < 1.29 is 19.1 Å². The highest BCUT2D eigenvalue weighted by Crippen LogP contribution is 2.15. The van der Waals surface area contributed by atoms with Crippen molar-refractivity contribution in [2.24, 2.45) is 0 Å². The van der Waals surface area contributed by atoms with E-state index >= 15 is 0 Å². The first kappa shape index (κ1) is 18.0. The Kier molecular flexibility index (Phi) is 8.12. The smallest absolute Gasteiger partial charge is 0.335 e. The summed E-state index contributed by atoms with van der Waals surface area (Å²) in [6.45, 7) is 0. The first-order valence-corrected chi connectivity index (χ1v) is 6.22. The molecule has 0 N–H and O–H groups in total. The van der Waals surface area contributed by atoms with Gasteiger partial charge in [0, 0.05) is 40.6 Å². The Morgan fingerprint density at radius 3 is 1.30 bits per heavy atom. The summed E-state index contributed by atoms with van der Waals surface area (Å²) in [4.78, 5) is 26.8. The second kappa shape index (κ2) is 9.01. The Labute approximate surface area is 120 Å². The number of hydrogen-bond acceptors (Lipinski definition) is 6. The predicted octanol–water partition coefficient (Wildman–Crippen LogP) is 1.00. The molecule has 0 rings (SSSR count). The maximum atomic E-state index is 11.7. The fourth-order valence-corrected chi connectivity index (χ4v) is 1.59. The van der Waals surface area contributed by atoms with Crippen molar-refractivity contribution in [1.29, 1.82) is 0 Å². The van der Waals surface area contributed by atoms with Crippen LogP contribution in [0.1, 0.15) is 12.8 Å². The maximum absolute atomic E-state index is 11.7. The molecule has 20 heavy (non-hydrogen) atoms. The van der Waals surface area contributed by atoms with Crippen molar-refractivity contribution in [3.05, 3.63) is 23.5 Å². The van der Waals surface area contributed by atoms with E-state index in [1.54, 1.807) is 22.2 Å². The predicted molar refractivity (Wildman–Crippen MR) is 76.8 cm³/mol. The van der Waals surface area contributed by atoms with Gasteiger partial charge in [-0.2, -0.15) is 0 Å². The number of rotatable bonds is 7. The molecule has 0 bridgehead atoms. The van der Waals surface area contributed by atoms with Crippen LogP contribution in [-0.2, 0) is 19.1 Å². The highest BCUT2D eigenvalue weighted by molar-refractivity contribution is 5.90. The van der Waals surface area contributed by atoms with Crippen LogP contribution in [0.5, 0.6) is 0 Å². The lowest BCUT2D eigenvalue weighted by atomic mass is 10.1. The third-order valence-electron chi connectivity index (χ3n) is 2.39. The van der Waals surface area contributed by atoms with Gasteiger partial charge in [-0.25, -0.2) is 9.59 Å². The zero-order valence-electron chi connectivity index (χ0n) is 13.1. The van der Waals surface area contributed by atoms with E-state index in [1.807, 2.05) is 28.2 Å². The SMILES string of the molecule is COC(=O)/C(=C\N(C)C)CC/C(=C/N(C)C)C(=O)OC. The minimum Gasteiger partial charge on any atom is -0.466 e. The number of carbonyl (C=O) groups is 2. The Morgan fingerprint density at radius 1 is 0.800 bits per heavy atom. The molecule has 0 unspecified atom stereocenters. The highest BCUT2D eigenvalue weighted by Gasteiger charge is 2.15. The molecule has 0 spiro atoms. The van der Waals surface area contributed by atoms with E-state index in [0.717, 1.165) is 0 Å². The summed E-state index contributed by atoms with van der Waals surface area (Å²) in [6, 6.07) is 0. The molecule has 0 aliphatic carbocycles. The zero-order chi connectivity index (χ0) is 15.7. The molecule has 114 valence electrons. The van der Waals surface area contributed by atoms with Gasteiger partial charge >= 0.3 is 11.9 Å². The average Bonchev–Trinajstić information content (AvgIpc) is 2.39. The Bertz CT molecular complexity index is 360. The van der Waals surface area contributed by atoms with Gasteiger partial charge in [-0.05, 0) is 12.8 Å². The van der Waals surface area contributed by atoms with Crippen LogP contribution >= 0.6 is 0 Å². The molecule has 0 aromatic rings. The Morgan fingerprint density at radius 2 is 1.10 bits per heavy atom. The first-order chi connectivity index (χ1) is 9.31. The Hall–Kier alpha value is -1.98. The standard InChI is InChI=1S/C14H24N2O4/c1-15(2)9-11(13(17)19-5)7-8-12(10-16(3)4)14(18)20-6/h9-10H,7-8H2,1-6H3/b11-9-,12-10-. The van der Waals surface area contributed by atoms with Crippen LogP contribution in [0, 0.1) is 0 Å². The maximum Gasteiger partial charge on any atom is 0.335 e. The molecule has 0 amide bonds. The lowest BCUT2D eigenvalue weighted by Crippen LogP contribution is -2.14. The topological polar surface area (TPSA) is 59.1 Å². The second-order valence-electron chi connectivity index (χ2n) is 4.72. The van der Waals surface area contributed by atoms with Gasteiger partial charge in [-0.3, -0.25) is 0 Å². The summed E-state index contributed by atoms with van der Waals surface area (Å²) in [7, 11) is 9.95. The normalized spacial score (nSPS) is 11.9. The number of esters is 2. The summed E-state index contributed by atoms with van der Waals surface area (Å²) < 4.78 is 9.47. The highest BCUT2D eigenvalue weighted by atomic mass is 16.5. The summed E-state index contributed by atoms with van der Waals surface area (Å²) in [5, 5.41) is 0. The summed E-state index contributed by atoms with van der Waals surface area (Å²) in [5.41, 5.74) is 1.01. The van der Waals surface area contributed by atoms with Gasteiger partial charge in [0.2, 0.25) is 0 Å². The third kappa shape index (κ3) is 6.82. The van der Waals surface area contributed by atoms with Crippen LogP contribution in [0.4, 0.5) is 0 Å². The lowest BCUT2D eigenvalue weighted by Gasteiger charge is -2.13. The molecular weight excluding hydrogens is 260 g/mol. The van der Waals surface area contributed by atoms with Crippen LogP contribution < -0.4 is 0 Å². The molecule has 0 fully saturated rings. The fraction of sp³-hybridized carbons (Fsp3) is 0.571. The van der Waals surface area contributed by atoms with Gasteiger partial charge in [-0.15, -0.1) is 0 Å². The Balaban J connectivity index is 4.97. The molecule has 0 aromatic heterocycles. The van der Waals surface area contributed by atoms with E-state index < -0.39 is 11.9 Å². The van der Waals surface area contributed by atoms with Crippen molar-refractivity contribution in [2.75, 3.05) is 42.4 Å². The number of nitrogens with zero attached hydrogens (tertiary/aromatic N) is 2.